The number of carbonyl (C=O) groups is 1. The number of aliphatic hydroxyl groups excluding tert-OH is 2. The molecule has 5 heteroatoms. The summed E-state index contributed by atoms with van der Waals surface area (Å²) in [7, 11) is 0. The summed E-state index contributed by atoms with van der Waals surface area (Å²) in [5.74, 6) is -0.00407. The van der Waals surface area contributed by atoms with Crippen LogP contribution < -0.4 is 5.73 Å². The molecule has 1 saturated carbocycles. The molecular formula is C9H16N2O3. The molecular weight excluding hydrogens is 184 g/mol. The summed E-state index contributed by atoms with van der Waals surface area (Å²) in [5.41, 5.74) is 5.16. The largest absolute Gasteiger partial charge is 0.388 e. The molecule has 0 unspecified atom stereocenters. The number of likely N-dealkylation sites (tertiary alicyclic amines) is 1. The number of carbonyl (C=O) groups excluding carboxylic acids is 1. The zero-order valence-corrected chi connectivity index (χ0v) is 8.02. The van der Waals surface area contributed by atoms with E-state index < -0.39 is 12.2 Å². The van der Waals surface area contributed by atoms with Gasteiger partial charge in [0.25, 0.3) is 0 Å². The number of hydrogen-bond donors (Lipinski definition) is 3. The third kappa shape index (κ3) is 1.41. The van der Waals surface area contributed by atoms with Gasteiger partial charge in [-0.25, -0.2) is 0 Å². The third-order valence-electron chi connectivity index (χ3n) is 3.24. The number of amides is 1. The van der Waals surface area contributed by atoms with E-state index in [-0.39, 0.29) is 24.4 Å². The van der Waals surface area contributed by atoms with E-state index in [9.17, 15) is 15.0 Å². The summed E-state index contributed by atoms with van der Waals surface area (Å²) >= 11 is 0. The maximum atomic E-state index is 11.9. The maximum absolute atomic E-state index is 11.9. The van der Waals surface area contributed by atoms with Crippen LogP contribution in [-0.2, 0) is 4.79 Å². The normalized spacial score (nSPS) is 34.6. The van der Waals surface area contributed by atoms with Crippen LogP contribution in [0, 0.1) is 5.41 Å². The van der Waals surface area contributed by atoms with Crippen molar-refractivity contribution in [2.45, 2.75) is 25.0 Å². The lowest BCUT2D eigenvalue weighted by Crippen LogP contribution is -2.39. The van der Waals surface area contributed by atoms with E-state index in [1.54, 1.807) is 0 Å². The molecule has 1 amide bonds. The van der Waals surface area contributed by atoms with Gasteiger partial charge in [0.1, 0.15) is 0 Å². The van der Waals surface area contributed by atoms with Crippen molar-refractivity contribution in [2.24, 2.45) is 11.1 Å². The average molecular weight is 200 g/mol. The first-order valence-electron chi connectivity index (χ1n) is 4.95. The van der Waals surface area contributed by atoms with E-state index >= 15 is 0 Å². The van der Waals surface area contributed by atoms with Gasteiger partial charge in [-0.1, -0.05) is 0 Å². The van der Waals surface area contributed by atoms with Crippen molar-refractivity contribution in [2.75, 3.05) is 19.6 Å². The van der Waals surface area contributed by atoms with Crippen LogP contribution in [0.25, 0.3) is 0 Å². The van der Waals surface area contributed by atoms with Crippen molar-refractivity contribution < 1.29 is 15.0 Å². The number of rotatable bonds is 2. The van der Waals surface area contributed by atoms with Crippen molar-refractivity contribution in [1.82, 2.24) is 4.90 Å². The van der Waals surface area contributed by atoms with Crippen molar-refractivity contribution >= 4 is 5.91 Å². The van der Waals surface area contributed by atoms with Gasteiger partial charge in [-0.3, -0.25) is 4.79 Å². The van der Waals surface area contributed by atoms with Crippen LogP contribution >= 0.6 is 0 Å². The molecule has 1 aliphatic heterocycles. The van der Waals surface area contributed by atoms with Gasteiger partial charge in [0.05, 0.1) is 17.6 Å². The SMILES string of the molecule is NCC1(C(=O)N2C[C@@H](O)[C@@H](O)C2)CC1. The number of aliphatic hydroxyl groups is 2. The smallest absolute Gasteiger partial charge is 0.230 e. The van der Waals surface area contributed by atoms with Crippen LogP contribution in [0.3, 0.4) is 0 Å². The number of nitrogens with two attached hydrogens (primary N) is 1. The number of β-amino-alcohol motifs (C(OH)–C–C–N with tert-alkyl or cyclic N) is 2. The highest BCUT2D eigenvalue weighted by Gasteiger charge is 2.52. The third-order valence-corrected chi connectivity index (χ3v) is 3.24. The Labute approximate surface area is 82.5 Å². The van der Waals surface area contributed by atoms with E-state index in [1.807, 2.05) is 0 Å². The molecule has 2 fully saturated rings. The molecule has 2 aliphatic rings. The van der Waals surface area contributed by atoms with Crippen LogP contribution in [0.2, 0.25) is 0 Å². The quantitative estimate of drug-likeness (QED) is 0.495. The monoisotopic (exact) mass is 200 g/mol. The van der Waals surface area contributed by atoms with Gasteiger partial charge >= 0.3 is 0 Å². The van der Waals surface area contributed by atoms with Gasteiger partial charge in [-0.05, 0) is 12.8 Å². The fraction of sp³-hybridized carbons (Fsp3) is 0.889. The number of hydrogen-bond acceptors (Lipinski definition) is 4. The summed E-state index contributed by atoms with van der Waals surface area (Å²) in [4.78, 5) is 13.4. The Morgan fingerprint density at radius 1 is 1.36 bits per heavy atom. The lowest BCUT2D eigenvalue weighted by molar-refractivity contribution is -0.136. The van der Waals surface area contributed by atoms with Gasteiger partial charge in [0, 0.05) is 19.6 Å². The van der Waals surface area contributed by atoms with Crippen LogP contribution in [0.4, 0.5) is 0 Å². The summed E-state index contributed by atoms with van der Waals surface area (Å²) in [6.45, 7) is 0.845. The second-order valence-electron chi connectivity index (χ2n) is 4.33. The van der Waals surface area contributed by atoms with Crippen LogP contribution in [0.5, 0.6) is 0 Å². The molecule has 4 N–H and O–H groups in total. The molecule has 0 spiro atoms. The Kier molecular flexibility index (Phi) is 2.25. The van der Waals surface area contributed by atoms with E-state index in [4.69, 9.17) is 5.73 Å². The number of nitrogens with zero attached hydrogens (tertiary/aromatic N) is 1. The Morgan fingerprint density at radius 2 is 1.86 bits per heavy atom. The molecule has 2 atom stereocenters. The molecule has 1 saturated heterocycles. The average Bonchev–Trinajstić information content (AvgIpc) is 2.90. The van der Waals surface area contributed by atoms with E-state index in [2.05, 4.69) is 0 Å². The van der Waals surface area contributed by atoms with Crippen molar-refractivity contribution in [3.8, 4) is 0 Å². The molecule has 5 nitrogen and oxygen atoms in total. The van der Waals surface area contributed by atoms with Gasteiger partial charge < -0.3 is 20.8 Å². The predicted molar refractivity (Wildman–Crippen MR) is 49.3 cm³/mol. The molecule has 1 aliphatic carbocycles. The zero-order chi connectivity index (χ0) is 10.3. The Bertz CT molecular complexity index is 242. The second-order valence-corrected chi connectivity index (χ2v) is 4.33. The summed E-state index contributed by atoms with van der Waals surface area (Å²) < 4.78 is 0. The van der Waals surface area contributed by atoms with Gasteiger partial charge in [-0.2, -0.15) is 0 Å². The second kappa shape index (κ2) is 3.18. The first kappa shape index (κ1) is 9.89. The van der Waals surface area contributed by atoms with Crippen molar-refractivity contribution in [3.63, 3.8) is 0 Å². The first-order chi connectivity index (χ1) is 6.59. The highest BCUT2D eigenvalue weighted by atomic mass is 16.3. The van der Waals surface area contributed by atoms with Crippen molar-refractivity contribution in [1.29, 1.82) is 0 Å². The molecule has 0 aromatic heterocycles. The van der Waals surface area contributed by atoms with Gasteiger partial charge in [0.2, 0.25) is 5.91 Å². The minimum Gasteiger partial charge on any atom is -0.388 e. The Balaban J connectivity index is 2.00. The highest BCUT2D eigenvalue weighted by Crippen LogP contribution is 2.46. The Morgan fingerprint density at radius 3 is 2.21 bits per heavy atom. The van der Waals surface area contributed by atoms with E-state index in [1.165, 1.54) is 4.90 Å². The fourth-order valence-electron chi connectivity index (χ4n) is 1.93. The molecule has 2 rings (SSSR count). The van der Waals surface area contributed by atoms with Crippen LogP contribution in [0.1, 0.15) is 12.8 Å². The zero-order valence-electron chi connectivity index (χ0n) is 8.02. The van der Waals surface area contributed by atoms with Gasteiger partial charge in [0.15, 0.2) is 0 Å². The lowest BCUT2D eigenvalue weighted by Gasteiger charge is -2.21. The molecule has 0 radical (unpaired) electrons. The minimum atomic E-state index is -0.799. The molecule has 1 heterocycles. The highest BCUT2D eigenvalue weighted by molar-refractivity contribution is 5.86. The molecule has 0 aromatic carbocycles. The summed E-state index contributed by atoms with van der Waals surface area (Å²) in [6, 6.07) is 0. The van der Waals surface area contributed by atoms with Gasteiger partial charge in [-0.15, -0.1) is 0 Å². The molecule has 14 heavy (non-hydrogen) atoms. The predicted octanol–water partition coefficient (Wildman–Crippen LogP) is -1.71. The molecule has 0 aromatic rings. The summed E-state index contributed by atoms with van der Waals surface area (Å²) in [5, 5.41) is 18.6. The fourth-order valence-corrected chi connectivity index (χ4v) is 1.93. The lowest BCUT2D eigenvalue weighted by atomic mass is 10.1. The molecule has 80 valence electrons. The Hall–Kier alpha value is -0.650. The van der Waals surface area contributed by atoms with E-state index in [0.717, 1.165) is 12.8 Å². The van der Waals surface area contributed by atoms with Crippen LogP contribution in [-0.4, -0.2) is 52.9 Å². The summed E-state index contributed by atoms with van der Waals surface area (Å²) in [6.07, 6.45) is 0.0795. The van der Waals surface area contributed by atoms with Crippen molar-refractivity contribution in [3.05, 3.63) is 0 Å². The van der Waals surface area contributed by atoms with Crippen LogP contribution in [0.15, 0.2) is 0 Å². The first-order valence-corrected chi connectivity index (χ1v) is 4.95. The maximum Gasteiger partial charge on any atom is 0.230 e. The van der Waals surface area contributed by atoms with E-state index in [0.29, 0.717) is 6.54 Å². The molecule has 0 bridgehead atoms. The standard InChI is InChI=1S/C9H16N2O3/c10-5-9(1-2-9)8(14)11-3-6(12)7(13)4-11/h6-7,12-13H,1-5,10H2/t6-,7+. The minimum absolute atomic E-state index is 0.00407. The topological polar surface area (TPSA) is 86.8 Å².